The minimum atomic E-state index is -1.31. The van der Waals surface area contributed by atoms with Crippen molar-refractivity contribution < 1.29 is 60.3 Å². The predicted molar refractivity (Wildman–Crippen MR) is 89.1 cm³/mol. The number of aliphatic carboxylic acids is 1. The summed E-state index contributed by atoms with van der Waals surface area (Å²) in [5.41, 5.74) is 1.43. The van der Waals surface area contributed by atoms with Gasteiger partial charge in [-0.3, -0.25) is 0 Å². The molecule has 2 aromatic carbocycles. The van der Waals surface area contributed by atoms with Gasteiger partial charge in [0.1, 0.15) is 12.4 Å². The molecule has 0 amide bonds. The number of hydrogen-bond acceptors (Lipinski definition) is 6. The molecule has 132 valence electrons. The number of carbonyl (C=O) groups is 1. The summed E-state index contributed by atoms with van der Waals surface area (Å²) < 4.78 is 5.07. The standard InChI is InChI=1S/C17H14N2O4.Na.2H2O/c1-10-6-15(23-9-16(21)22)19-17(18-10)13-3-2-12-8-14(20)5-4-11(12)7-13;;;/h2-8,20H,9H2,1H3,(H,21,22);;2*1H2/q;+1;;/p-1. The second-order valence-electron chi connectivity index (χ2n) is 5.08. The fraction of sp³-hybridized carbons (Fsp3) is 0.118. The number of hydrogen-bond donors (Lipinski definition) is 1. The van der Waals surface area contributed by atoms with Crippen LogP contribution in [0.2, 0.25) is 0 Å². The molecule has 5 N–H and O–H groups in total. The number of carboxylic acid groups (broad SMARTS) is 1. The van der Waals surface area contributed by atoms with E-state index in [1.807, 2.05) is 18.2 Å². The van der Waals surface area contributed by atoms with Gasteiger partial charge in [-0.15, -0.1) is 0 Å². The largest absolute Gasteiger partial charge is 1.00 e. The summed E-state index contributed by atoms with van der Waals surface area (Å²) in [5.74, 6) is -0.487. The van der Waals surface area contributed by atoms with E-state index in [4.69, 9.17) is 4.74 Å². The molecule has 0 aliphatic carbocycles. The second kappa shape index (κ2) is 10.0. The first-order chi connectivity index (χ1) is 11.0. The normalized spacial score (nSPS) is 9.42. The van der Waals surface area contributed by atoms with Crippen LogP contribution in [0, 0.1) is 6.92 Å². The Bertz CT molecular complexity index is 904. The molecule has 0 aliphatic rings. The first-order valence-corrected chi connectivity index (χ1v) is 6.93. The zero-order valence-corrected chi connectivity index (χ0v) is 16.3. The molecule has 0 spiro atoms. The van der Waals surface area contributed by atoms with Gasteiger partial charge in [0.15, 0.2) is 5.82 Å². The molecule has 0 bridgehead atoms. The van der Waals surface area contributed by atoms with Crippen molar-refractivity contribution in [2.45, 2.75) is 6.92 Å². The van der Waals surface area contributed by atoms with Crippen LogP contribution in [0.3, 0.4) is 0 Å². The summed E-state index contributed by atoms with van der Waals surface area (Å²) in [6.45, 7) is 1.21. The maximum atomic E-state index is 10.5. The van der Waals surface area contributed by atoms with Crippen molar-refractivity contribution in [1.29, 1.82) is 0 Å². The third-order valence-electron chi connectivity index (χ3n) is 3.25. The van der Waals surface area contributed by atoms with Crippen LogP contribution >= 0.6 is 0 Å². The van der Waals surface area contributed by atoms with Crippen LogP contribution < -0.4 is 39.4 Å². The zero-order chi connectivity index (χ0) is 16.4. The van der Waals surface area contributed by atoms with E-state index in [0.717, 1.165) is 16.3 Å². The summed E-state index contributed by atoms with van der Waals surface area (Å²) in [6.07, 6.45) is 0. The first kappa shape index (κ1) is 23.8. The third kappa shape index (κ3) is 5.65. The number of fused-ring (bicyclic) bond motifs is 1. The van der Waals surface area contributed by atoms with Crippen LogP contribution in [0.4, 0.5) is 0 Å². The fourth-order valence-electron chi connectivity index (χ4n) is 2.25. The predicted octanol–water partition coefficient (Wildman–Crippen LogP) is -3.21. The Labute approximate surface area is 171 Å². The van der Waals surface area contributed by atoms with E-state index < -0.39 is 12.6 Å². The van der Waals surface area contributed by atoms with Crippen molar-refractivity contribution in [1.82, 2.24) is 9.97 Å². The summed E-state index contributed by atoms with van der Waals surface area (Å²) >= 11 is 0. The molecular formula is C17H17N2NaO6. The molecule has 3 rings (SSSR count). The zero-order valence-electron chi connectivity index (χ0n) is 14.3. The Morgan fingerprint density at radius 2 is 1.73 bits per heavy atom. The fourth-order valence-corrected chi connectivity index (χ4v) is 2.25. The van der Waals surface area contributed by atoms with Crippen molar-refractivity contribution in [3.63, 3.8) is 0 Å². The van der Waals surface area contributed by atoms with Crippen LogP contribution in [-0.2, 0) is 4.79 Å². The molecule has 0 saturated carbocycles. The number of carbonyl (C=O) groups excluding carboxylic acids is 1. The summed E-state index contributed by atoms with van der Waals surface area (Å²) in [5, 5.41) is 21.8. The molecule has 0 radical (unpaired) electrons. The number of aromatic nitrogens is 2. The van der Waals surface area contributed by atoms with E-state index in [-0.39, 0.29) is 52.1 Å². The maximum absolute atomic E-state index is 10.5. The number of aromatic hydroxyl groups is 1. The van der Waals surface area contributed by atoms with E-state index in [0.29, 0.717) is 11.5 Å². The van der Waals surface area contributed by atoms with Crippen molar-refractivity contribution >= 4 is 16.7 Å². The summed E-state index contributed by atoms with van der Waals surface area (Å²) in [4.78, 5) is 19.1. The van der Waals surface area contributed by atoms with Gasteiger partial charge in [0.2, 0.25) is 5.88 Å². The van der Waals surface area contributed by atoms with Gasteiger partial charge >= 0.3 is 29.6 Å². The number of aryl methyl sites for hydroxylation is 1. The molecular weight excluding hydrogens is 351 g/mol. The van der Waals surface area contributed by atoms with Crippen LogP contribution in [0.5, 0.6) is 11.6 Å². The van der Waals surface area contributed by atoms with Crippen LogP contribution in [0.15, 0.2) is 42.5 Å². The molecule has 9 heteroatoms. The second-order valence-corrected chi connectivity index (χ2v) is 5.08. The molecule has 1 heterocycles. The molecule has 0 saturated heterocycles. The van der Waals surface area contributed by atoms with Crippen molar-refractivity contribution in [3.8, 4) is 23.0 Å². The average Bonchev–Trinajstić information content (AvgIpc) is 2.52. The number of nitrogens with zero attached hydrogens (tertiary/aromatic N) is 2. The maximum Gasteiger partial charge on any atom is 1.00 e. The van der Waals surface area contributed by atoms with Crippen LogP contribution in [0.25, 0.3) is 22.2 Å². The van der Waals surface area contributed by atoms with Gasteiger partial charge in [-0.25, -0.2) is 4.98 Å². The number of benzene rings is 2. The Kier molecular flexibility index (Phi) is 9.19. The average molecular weight is 368 g/mol. The molecule has 0 fully saturated rings. The van der Waals surface area contributed by atoms with Gasteiger partial charge in [-0.05, 0) is 35.9 Å². The molecule has 0 atom stereocenters. The minimum absolute atomic E-state index is 0. The quantitative estimate of drug-likeness (QED) is 0.477. The van der Waals surface area contributed by atoms with Crippen molar-refractivity contribution in [2.75, 3.05) is 6.61 Å². The van der Waals surface area contributed by atoms with E-state index in [9.17, 15) is 15.0 Å². The van der Waals surface area contributed by atoms with Gasteiger partial charge in [0.25, 0.3) is 0 Å². The number of phenols is 1. The topological polar surface area (TPSA) is 158 Å². The van der Waals surface area contributed by atoms with Gasteiger partial charge in [-0.1, -0.05) is 18.2 Å². The van der Waals surface area contributed by atoms with Gasteiger partial charge < -0.3 is 30.7 Å². The monoisotopic (exact) mass is 368 g/mol. The smallest absolute Gasteiger partial charge is 0.546 e. The Hall–Kier alpha value is -2.23. The molecule has 1 aromatic heterocycles. The Morgan fingerprint density at radius 1 is 1.08 bits per heavy atom. The van der Waals surface area contributed by atoms with Crippen molar-refractivity contribution in [2.24, 2.45) is 0 Å². The SMILES string of the molecule is Cc1cc(OCC(=O)[O-])nc(-c2ccc3cc(O)ccc3c2)n1.O.O.[Na+]. The molecule has 8 nitrogen and oxygen atoms in total. The molecule has 3 aromatic rings. The van der Waals surface area contributed by atoms with Crippen molar-refractivity contribution in [3.05, 3.63) is 48.2 Å². The molecule has 26 heavy (non-hydrogen) atoms. The minimum Gasteiger partial charge on any atom is -0.546 e. The third-order valence-corrected chi connectivity index (χ3v) is 3.25. The van der Waals surface area contributed by atoms with Gasteiger partial charge in [-0.2, -0.15) is 4.98 Å². The Balaban J connectivity index is 0.00000208. The molecule has 0 unspecified atom stereocenters. The first-order valence-electron chi connectivity index (χ1n) is 6.93. The molecule has 0 aliphatic heterocycles. The number of carboxylic acids is 1. The number of rotatable bonds is 4. The summed E-state index contributed by atoms with van der Waals surface area (Å²) in [7, 11) is 0. The number of ether oxygens (including phenoxy) is 1. The van der Waals surface area contributed by atoms with Crippen LogP contribution in [-0.4, -0.2) is 38.6 Å². The van der Waals surface area contributed by atoms with E-state index in [1.54, 1.807) is 31.2 Å². The van der Waals surface area contributed by atoms with E-state index in [1.165, 1.54) is 0 Å². The Morgan fingerprint density at radius 3 is 2.42 bits per heavy atom. The summed E-state index contributed by atoms with van der Waals surface area (Å²) in [6, 6.07) is 12.2. The van der Waals surface area contributed by atoms with E-state index >= 15 is 0 Å². The van der Waals surface area contributed by atoms with Gasteiger partial charge in [0, 0.05) is 17.3 Å². The van der Waals surface area contributed by atoms with Gasteiger partial charge in [0.05, 0.1) is 5.97 Å². The van der Waals surface area contributed by atoms with E-state index in [2.05, 4.69) is 9.97 Å². The van der Waals surface area contributed by atoms with Crippen LogP contribution in [0.1, 0.15) is 5.69 Å². The number of phenolic OH excluding ortho intramolecular Hbond substituents is 1.